The Morgan fingerprint density at radius 2 is 2.27 bits per heavy atom. The Labute approximate surface area is 89.4 Å². The van der Waals surface area contributed by atoms with Crippen molar-refractivity contribution in [1.29, 1.82) is 0 Å². The average molecular weight is 209 g/mol. The van der Waals surface area contributed by atoms with Crippen LogP contribution in [0.1, 0.15) is 24.9 Å². The zero-order valence-electron chi connectivity index (χ0n) is 8.87. The van der Waals surface area contributed by atoms with Crippen LogP contribution in [0.4, 0.5) is 4.39 Å². The molecule has 0 bridgehead atoms. The van der Waals surface area contributed by atoms with E-state index in [1.54, 1.807) is 6.07 Å². The molecule has 1 N–H and O–H groups in total. The summed E-state index contributed by atoms with van der Waals surface area (Å²) in [6.45, 7) is 3.52. The van der Waals surface area contributed by atoms with Crippen LogP contribution in [0.2, 0.25) is 0 Å². The second-order valence-corrected chi connectivity index (χ2v) is 3.97. The highest BCUT2D eigenvalue weighted by Gasteiger charge is 2.19. The molecule has 0 aliphatic carbocycles. The van der Waals surface area contributed by atoms with Gasteiger partial charge in [-0.3, -0.25) is 0 Å². The Kier molecular flexibility index (Phi) is 3.34. The highest BCUT2D eigenvalue weighted by molar-refractivity contribution is 5.20. The molecule has 1 aliphatic rings. The zero-order chi connectivity index (χ0) is 10.7. The molecule has 1 saturated heterocycles. The van der Waals surface area contributed by atoms with E-state index < -0.39 is 0 Å². The fourth-order valence-corrected chi connectivity index (χ4v) is 1.94. The van der Waals surface area contributed by atoms with Crippen LogP contribution in [0, 0.1) is 5.82 Å². The summed E-state index contributed by atoms with van der Waals surface area (Å²) in [5, 5.41) is 3.37. The molecule has 2 nitrogen and oxygen atoms in total. The van der Waals surface area contributed by atoms with E-state index in [1.807, 2.05) is 19.1 Å². The van der Waals surface area contributed by atoms with Crippen LogP contribution in [0.3, 0.4) is 0 Å². The fraction of sp³-hybridized carbons (Fsp3) is 0.500. The van der Waals surface area contributed by atoms with E-state index in [0.29, 0.717) is 6.04 Å². The molecule has 3 heteroatoms. The van der Waals surface area contributed by atoms with Gasteiger partial charge in [0.1, 0.15) is 5.82 Å². The summed E-state index contributed by atoms with van der Waals surface area (Å²) in [6, 6.07) is 7.30. The maximum absolute atomic E-state index is 13.4. The van der Waals surface area contributed by atoms with E-state index in [1.165, 1.54) is 6.07 Å². The van der Waals surface area contributed by atoms with Crippen LogP contribution in [-0.2, 0) is 4.74 Å². The topological polar surface area (TPSA) is 21.3 Å². The molecule has 1 aliphatic heterocycles. The monoisotopic (exact) mass is 209 g/mol. The van der Waals surface area contributed by atoms with E-state index in [4.69, 9.17) is 4.74 Å². The minimum Gasteiger partial charge on any atom is -0.380 e. The summed E-state index contributed by atoms with van der Waals surface area (Å²) in [5.74, 6) is -0.142. The summed E-state index contributed by atoms with van der Waals surface area (Å²) >= 11 is 0. The van der Waals surface area contributed by atoms with Crippen LogP contribution >= 0.6 is 0 Å². The lowest BCUT2D eigenvalue weighted by Gasteiger charge is -2.18. The van der Waals surface area contributed by atoms with Gasteiger partial charge in [-0.1, -0.05) is 18.2 Å². The van der Waals surface area contributed by atoms with Crippen molar-refractivity contribution < 1.29 is 9.13 Å². The third kappa shape index (κ3) is 2.55. The van der Waals surface area contributed by atoms with Crippen molar-refractivity contribution in [2.24, 2.45) is 0 Å². The van der Waals surface area contributed by atoms with Crippen LogP contribution in [0.15, 0.2) is 24.3 Å². The maximum Gasteiger partial charge on any atom is 0.127 e. The van der Waals surface area contributed by atoms with Crippen molar-refractivity contribution in [3.8, 4) is 0 Å². The minimum atomic E-state index is -0.142. The minimum absolute atomic E-state index is 0.0397. The van der Waals surface area contributed by atoms with Gasteiger partial charge < -0.3 is 10.1 Å². The predicted octanol–water partition coefficient (Wildman–Crippen LogP) is 2.27. The molecule has 1 aromatic carbocycles. The first-order valence-electron chi connectivity index (χ1n) is 5.35. The zero-order valence-corrected chi connectivity index (χ0v) is 8.87. The van der Waals surface area contributed by atoms with Gasteiger partial charge in [0.25, 0.3) is 0 Å². The van der Waals surface area contributed by atoms with E-state index in [0.717, 1.165) is 25.2 Å². The van der Waals surface area contributed by atoms with Gasteiger partial charge in [0.05, 0.1) is 6.61 Å². The lowest BCUT2D eigenvalue weighted by molar-refractivity contribution is 0.188. The van der Waals surface area contributed by atoms with Gasteiger partial charge in [-0.2, -0.15) is 0 Å². The van der Waals surface area contributed by atoms with Gasteiger partial charge in [-0.15, -0.1) is 0 Å². The van der Waals surface area contributed by atoms with E-state index in [-0.39, 0.29) is 11.9 Å². The first-order chi connectivity index (χ1) is 7.27. The molecule has 0 radical (unpaired) electrons. The van der Waals surface area contributed by atoms with Crippen molar-refractivity contribution in [2.45, 2.75) is 25.4 Å². The fourth-order valence-electron chi connectivity index (χ4n) is 1.94. The Bertz CT molecular complexity index is 323. The number of hydrogen-bond acceptors (Lipinski definition) is 2. The smallest absolute Gasteiger partial charge is 0.127 e. The largest absolute Gasteiger partial charge is 0.380 e. The number of hydrogen-bond donors (Lipinski definition) is 1. The number of ether oxygens (including phenoxy) is 1. The SMILES string of the molecule is CC(NC1CCOC1)c1ccccc1F. The first-order valence-corrected chi connectivity index (χ1v) is 5.35. The van der Waals surface area contributed by atoms with Gasteiger partial charge in [0, 0.05) is 24.3 Å². The molecule has 0 saturated carbocycles. The van der Waals surface area contributed by atoms with Gasteiger partial charge in [0.15, 0.2) is 0 Å². The van der Waals surface area contributed by atoms with Crippen molar-refractivity contribution in [1.82, 2.24) is 5.32 Å². The van der Waals surface area contributed by atoms with Gasteiger partial charge in [-0.05, 0) is 19.4 Å². The molecule has 1 heterocycles. The number of halogens is 1. The van der Waals surface area contributed by atoms with Crippen molar-refractivity contribution >= 4 is 0 Å². The number of benzene rings is 1. The molecular weight excluding hydrogens is 193 g/mol. The second-order valence-electron chi connectivity index (χ2n) is 3.97. The molecule has 0 aromatic heterocycles. The molecule has 2 atom stereocenters. The lowest BCUT2D eigenvalue weighted by atomic mass is 10.1. The molecule has 0 spiro atoms. The summed E-state index contributed by atoms with van der Waals surface area (Å²) in [7, 11) is 0. The highest BCUT2D eigenvalue weighted by atomic mass is 19.1. The van der Waals surface area contributed by atoms with Gasteiger partial charge >= 0.3 is 0 Å². The van der Waals surface area contributed by atoms with Crippen LogP contribution in [0.5, 0.6) is 0 Å². The van der Waals surface area contributed by atoms with Crippen molar-refractivity contribution in [2.75, 3.05) is 13.2 Å². The van der Waals surface area contributed by atoms with Crippen molar-refractivity contribution in [3.05, 3.63) is 35.6 Å². The molecule has 1 fully saturated rings. The first kappa shape index (κ1) is 10.6. The summed E-state index contributed by atoms with van der Waals surface area (Å²) in [4.78, 5) is 0. The summed E-state index contributed by atoms with van der Waals surface area (Å²) in [5.41, 5.74) is 0.726. The third-order valence-corrected chi connectivity index (χ3v) is 2.79. The van der Waals surface area contributed by atoms with Crippen LogP contribution in [0.25, 0.3) is 0 Å². The third-order valence-electron chi connectivity index (χ3n) is 2.79. The van der Waals surface area contributed by atoms with E-state index in [9.17, 15) is 4.39 Å². The van der Waals surface area contributed by atoms with E-state index in [2.05, 4.69) is 5.32 Å². The summed E-state index contributed by atoms with van der Waals surface area (Å²) in [6.07, 6.45) is 1.01. The van der Waals surface area contributed by atoms with E-state index >= 15 is 0 Å². The Balaban J connectivity index is 2.00. The lowest BCUT2D eigenvalue weighted by Crippen LogP contribution is -2.32. The number of nitrogens with one attached hydrogen (secondary N) is 1. The molecule has 15 heavy (non-hydrogen) atoms. The Hall–Kier alpha value is -0.930. The van der Waals surface area contributed by atoms with Gasteiger partial charge in [-0.25, -0.2) is 4.39 Å². The normalized spacial score (nSPS) is 22.9. The predicted molar refractivity (Wildman–Crippen MR) is 57.2 cm³/mol. The average Bonchev–Trinajstić information content (AvgIpc) is 2.71. The van der Waals surface area contributed by atoms with Crippen molar-refractivity contribution in [3.63, 3.8) is 0 Å². The standard InChI is InChI=1S/C12H16FNO/c1-9(14-10-6-7-15-8-10)11-4-2-3-5-12(11)13/h2-5,9-10,14H,6-8H2,1H3. The molecule has 2 unspecified atom stereocenters. The molecule has 1 aromatic rings. The molecule has 0 amide bonds. The highest BCUT2D eigenvalue weighted by Crippen LogP contribution is 2.18. The quantitative estimate of drug-likeness (QED) is 0.824. The number of rotatable bonds is 3. The molecule has 82 valence electrons. The van der Waals surface area contributed by atoms with Gasteiger partial charge in [0.2, 0.25) is 0 Å². The maximum atomic E-state index is 13.4. The Morgan fingerprint density at radius 3 is 2.93 bits per heavy atom. The molecule has 2 rings (SSSR count). The summed E-state index contributed by atoms with van der Waals surface area (Å²) < 4.78 is 18.7. The van der Waals surface area contributed by atoms with Crippen LogP contribution < -0.4 is 5.32 Å². The molecular formula is C12H16FNO. The Morgan fingerprint density at radius 1 is 1.47 bits per heavy atom. The van der Waals surface area contributed by atoms with Crippen LogP contribution in [-0.4, -0.2) is 19.3 Å². The second kappa shape index (κ2) is 4.73.